The van der Waals surface area contributed by atoms with E-state index in [1.54, 1.807) is 31.0 Å². The number of hydrogen-bond donors (Lipinski definition) is 0. The summed E-state index contributed by atoms with van der Waals surface area (Å²) >= 11 is 0. The van der Waals surface area contributed by atoms with Crippen LogP contribution in [0.3, 0.4) is 0 Å². The molecule has 0 spiro atoms. The van der Waals surface area contributed by atoms with Crippen molar-refractivity contribution in [1.29, 1.82) is 0 Å². The SMILES string of the molecule is COc1ccc(CC(=O)N2CCCC2C(=O)N(C)C)cc1. The van der Waals surface area contributed by atoms with Crippen molar-refractivity contribution in [2.75, 3.05) is 27.7 Å². The molecule has 1 aromatic carbocycles. The Morgan fingerprint density at radius 1 is 1.29 bits per heavy atom. The highest BCUT2D eigenvalue weighted by Gasteiger charge is 2.34. The van der Waals surface area contributed by atoms with Gasteiger partial charge in [0, 0.05) is 20.6 Å². The molecule has 1 atom stereocenters. The van der Waals surface area contributed by atoms with Gasteiger partial charge in [0.25, 0.3) is 0 Å². The Hall–Kier alpha value is -2.04. The van der Waals surface area contributed by atoms with E-state index in [2.05, 4.69) is 0 Å². The molecule has 0 bridgehead atoms. The van der Waals surface area contributed by atoms with Crippen molar-refractivity contribution in [3.8, 4) is 5.75 Å². The summed E-state index contributed by atoms with van der Waals surface area (Å²) in [4.78, 5) is 27.8. The topological polar surface area (TPSA) is 49.9 Å². The number of carbonyl (C=O) groups is 2. The van der Waals surface area contributed by atoms with Gasteiger partial charge in [0.15, 0.2) is 0 Å². The van der Waals surface area contributed by atoms with Gasteiger partial charge >= 0.3 is 0 Å². The molecule has 1 saturated heterocycles. The predicted octanol–water partition coefficient (Wildman–Crippen LogP) is 1.32. The number of hydrogen-bond acceptors (Lipinski definition) is 3. The number of benzene rings is 1. The smallest absolute Gasteiger partial charge is 0.244 e. The summed E-state index contributed by atoms with van der Waals surface area (Å²) in [6.45, 7) is 0.666. The zero-order valence-electron chi connectivity index (χ0n) is 12.8. The maximum Gasteiger partial charge on any atom is 0.244 e. The highest BCUT2D eigenvalue weighted by atomic mass is 16.5. The van der Waals surface area contributed by atoms with Crippen LogP contribution in [-0.2, 0) is 16.0 Å². The van der Waals surface area contributed by atoms with E-state index in [4.69, 9.17) is 4.74 Å². The lowest BCUT2D eigenvalue weighted by atomic mass is 10.1. The third-order valence-electron chi connectivity index (χ3n) is 3.81. The van der Waals surface area contributed by atoms with Crippen LogP contribution in [0.5, 0.6) is 5.75 Å². The minimum Gasteiger partial charge on any atom is -0.497 e. The molecule has 0 aromatic heterocycles. The van der Waals surface area contributed by atoms with Crippen LogP contribution in [0.15, 0.2) is 24.3 Å². The van der Waals surface area contributed by atoms with E-state index in [0.29, 0.717) is 13.0 Å². The standard InChI is InChI=1S/C16H22N2O3/c1-17(2)16(20)14-5-4-10-18(14)15(19)11-12-6-8-13(21-3)9-7-12/h6-9,14H,4-5,10-11H2,1-3H3. The Balaban J connectivity index is 2.03. The Kier molecular flexibility index (Phi) is 4.83. The Labute approximate surface area is 125 Å². The molecule has 21 heavy (non-hydrogen) atoms. The van der Waals surface area contributed by atoms with E-state index in [1.807, 2.05) is 24.3 Å². The van der Waals surface area contributed by atoms with Crippen molar-refractivity contribution in [2.45, 2.75) is 25.3 Å². The minimum absolute atomic E-state index is 0.00980. The predicted molar refractivity (Wildman–Crippen MR) is 80.1 cm³/mol. The lowest BCUT2D eigenvalue weighted by Crippen LogP contribution is -2.45. The quantitative estimate of drug-likeness (QED) is 0.840. The van der Waals surface area contributed by atoms with E-state index >= 15 is 0 Å². The average Bonchev–Trinajstić information content (AvgIpc) is 2.96. The van der Waals surface area contributed by atoms with Gasteiger partial charge < -0.3 is 14.5 Å². The summed E-state index contributed by atoms with van der Waals surface area (Å²) < 4.78 is 5.10. The van der Waals surface area contributed by atoms with E-state index < -0.39 is 0 Å². The van der Waals surface area contributed by atoms with Crippen LogP contribution >= 0.6 is 0 Å². The van der Waals surface area contributed by atoms with Crippen molar-refractivity contribution in [1.82, 2.24) is 9.80 Å². The first-order valence-corrected chi connectivity index (χ1v) is 7.16. The largest absolute Gasteiger partial charge is 0.497 e. The first-order chi connectivity index (χ1) is 10.0. The Morgan fingerprint density at radius 3 is 2.52 bits per heavy atom. The molecule has 1 aromatic rings. The van der Waals surface area contributed by atoms with Gasteiger partial charge in [-0.05, 0) is 30.5 Å². The molecule has 5 nitrogen and oxygen atoms in total. The van der Waals surface area contributed by atoms with Crippen molar-refractivity contribution >= 4 is 11.8 Å². The molecule has 0 radical (unpaired) electrons. The molecule has 114 valence electrons. The van der Waals surface area contributed by atoms with Crippen LogP contribution in [0.2, 0.25) is 0 Å². The minimum atomic E-state index is -0.300. The lowest BCUT2D eigenvalue weighted by Gasteiger charge is -2.26. The second-order valence-corrected chi connectivity index (χ2v) is 5.50. The average molecular weight is 290 g/mol. The van der Waals surface area contributed by atoms with E-state index in [0.717, 1.165) is 24.2 Å². The van der Waals surface area contributed by atoms with Crippen molar-refractivity contribution in [2.24, 2.45) is 0 Å². The monoisotopic (exact) mass is 290 g/mol. The molecular weight excluding hydrogens is 268 g/mol. The molecule has 2 amide bonds. The number of likely N-dealkylation sites (tertiary alicyclic amines) is 1. The fourth-order valence-corrected chi connectivity index (χ4v) is 2.64. The summed E-state index contributed by atoms with van der Waals surface area (Å²) in [5.41, 5.74) is 0.934. The molecule has 5 heteroatoms. The van der Waals surface area contributed by atoms with Gasteiger partial charge in [-0.1, -0.05) is 12.1 Å². The Morgan fingerprint density at radius 2 is 1.95 bits per heavy atom. The zero-order valence-corrected chi connectivity index (χ0v) is 12.8. The van der Waals surface area contributed by atoms with Gasteiger partial charge in [0.05, 0.1) is 13.5 Å². The third-order valence-corrected chi connectivity index (χ3v) is 3.81. The molecule has 1 fully saturated rings. The van der Waals surface area contributed by atoms with Crippen LogP contribution < -0.4 is 4.74 Å². The molecule has 2 rings (SSSR count). The first-order valence-electron chi connectivity index (χ1n) is 7.16. The number of carbonyl (C=O) groups excluding carboxylic acids is 2. The van der Waals surface area contributed by atoms with Crippen LogP contribution in [0, 0.1) is 0 Å². The summed E-state index contributed by atoms with van der Waals surface area (Å²) in [5.74, 6) is 0.793. The van der Waals surface area contributed by atoms with E-state index in [9.17, 15) is 9.59 Å². The number of ether oxygens (including phenoxy) is 1. The second kappa shape index (κ2) is 6.61. The van der Waals surface area contributed by atoms with E-state index in [-0.39, 0.29) is 17.9 Å². The number of methoxy groups -OCH3 is 1. The van der Waals surface area contributed by atoms with Gasteiger partial charge in [0.1, 0.15) is 11.8 Å². The van der Waals surface area contributed by atoms with Gasteiger partial charge in [-0.25, -0.2) is 0 Å². The maximum atomic E-state index is 12.4. The van der Waals surface area contributed by atoms with Gasteiger partial charge in [-0.2, -0.15) is 0 Å². The Bertz CT molecular complexity index is 511. The highest BCUT2D eigenvalue weighted by Crippen LogP contribution is 2.20. The van der Waals surface area contributed by atoms with Crippen molar-refractivity contribution < 1.29 is 14.3 Å². The highest BCUT2D eigenvalue weighted by molar-refractivity contribution is 5.88. The number of rotatable bonds is 4. The molecular formula is C16H22N2O3. The normalized spacial score (nSPS) is 17.7. The molecule has 1 unspecified atom stereocenters. The summed E-state index contributed by atoms with van der Waals surface area (Å²) in [6, 6.07) is 7.15. The van der Waals surface area contributed by atoms with Crippen LogP contribution in [0.4, 0.5) is 0 Å². The fraction of sp³-hybridized carbons (Fsp3) is 0.500. The first kappa shape index (κ1) is 15.4. The van der Waals surface area contributed by atoms with Crippen LogP contribution in [0.1, 0.15) is 18.4 Å². The van der Waals surface area contributed by atoms with Crippen molar-refractivity contribution in [3.05, 3.63) is 29.8 Å². The van der Waals surface area contributed by atoms with Gasteiger partial charge in [-0.3, -0.25) is 9.59 Å². The third kappa shape index (κ3) is 3.54. The van der Waals surface area contributed by atoms with Gasteiger partial charge in [0.2, 0.25) is 11.8 Å². The molecule has 1 aliphatic heterocycles. The molecule has 1 heterocycles. The van der Waals surface area contributed by atoms with Crippen LogP contribution in [0.25, 0.3) is 0 Å². The maximum absolute atomic E-state index is 12.4. The summed E-state index contributed by atoms with van der Waals surface area (Å²) in [6.07, 6.45) is 1.96. The van der Waals surface area contributed by atoms with Crippen molar-refractivity contribution in [3.63, 3.8) is 0 Å². The molecule has 0 N–H and O–H groups in total. The van der Waals surface area contributed by atoms with Gasteiger partial charge in [-0.15, -0.1) is 0 Å². The number of likely N-dealkylation sites (N-methyl/N-ethyl adjacent to an activating group) is 1. The van der Waals surface area contributed by atoms with Crippen LogP contribution in [-0.4, -0.2) is 55.4 Å². The zero-order chi connectivity index (χ0) is 15.4. The second-order valence-electron chi connectivity index (χ2n) is 5.50. The lowest BCUT2D eigenvalue weighted by molar-refractivity contribution is -0.141. The molecule has 1 aliphatic rings. The number of amides is 2. The van der Waals surface area contributed by atoms with E-state index in [1.165, 1.54) is 0 Å². The summed E-state index contributed by atoms with van der Waals surface area (Å²) in [7, 11) is 5.07. The summed E-state index contributed by atoms with van der Waals surface area (Å²) in [5, 5.41) is 0. The molecule has 0 saturated carbocycles. The fourth-order valence-electron chi connectivity index (χ4n) is 2.64. The molecule has 0 aliphatic carbocycles. The number of nitrogens with zero attached hydrogens (tertiary/aromatic N) is 2.